The maximum absolute atomic E-state index is 4.50. The lowest BCUT2D eigenvalue weighted by molar-refractivity contribution is 0.879. The van der Waals surface area contributed by atoms with E-state index in [0.717, 1.165) is 52.3 Å². The van der Waals surface area contributed by atoms with Crippen LogP contribution in [-0.4, -0.2) is 26.5 Å². The fourth-order valence-corrected chi connectivity index (χ4v) is 2.55. The van der Waals surface area contributed by atoms with Crippen LogP contribution in [0.15, 0.2) is 17.6 Å². The van der Waals surface area contributed by atoms with Gasteiger partial charge < -0.3 is 5.32 Å². The molecule has 0 amide bonds. The minimum absolute atomic E-state index is 0.725. The van der Waals surface area contributed by atoms with Gasteiger partial charge in [-0.3, -0.25) is 4.98 Å². The van der Waals surface area contributed by atoms with Gasteiger partial charge >= 0.3 is 0 Å². The quantitative estimate of drug-likeness (QED) is 0.652. The van der Waals surface area contributed by atoms with Crippen molar-refractivity contribution in [3.8, 4) is 0 Å². The van der Waals surface area contributed by atoms with Crippen LogP contribution in [0.1, 0.15) is 36.0 Å². The summed E-state index contributed by atoms with van der Waals surface area (Å²) in [5.41, 5.74) is 4.16. The minimum Gasteiger partial charge on any atom is -0.369 e. The lowest BCUT2D eigenvalue weighted by Gasteiger charge is -2.07. The summed E-state index contributed by atoms with van der Waals surface area (Å²) in [6.07, 6.45) is 4.65. The number of rotatable bonds is 6. The van der Waals surface area contributed by atoms with Crippen molar-refractivity contribution in [3.63, 3.8) is 0 Å². The first-order valence-electron chi connectivity index (χ1n) is 7.09. The number of hydrogen-bond acceptors (Lipinski definition) is 6. The number of thioether (sulfide) groups is 1. The fraction of sp³-hybridized carbons (Fsp3) is 0.467. The third-order valence-corrected chi connectivity index (χ3v) is 4.10. The molecule has 0 saturated heterocycles. The van der Waals surface area contributed by atoms with Gasteiger partial charge in [0, 0.05) is 23.7 Å². The Morgan fingerprint density at radius 1 is 1.05 bits per heavy atom. The summed E-state index contributed by atoms with van der Waals surface area (Å²) in [5, 5.41) is 4.01. The first-order chi connectivity index (χ1) is 10.1. The Morgan fingerprint density at radius 2 is 1.76 bits per heavy atom. The van der Waals surface area contributed by atoms with E-state index in [9.17, 15) is 0 Å². The second kappa shape index (κ2) is 7.36. The Labute approximate surface area is 130 Å². The van der Waals surface area contributed by atoms with Crippen molar-refractivity contribution in [3.05, 3.63) is 35.0 Å². The number of aryl methyl sites for hydroxylation is 2. The Balaban J connectivity index is 1.96. The van der Waals surface area contributed by atoms with Crippen LogP contribution in [0.4, 0.5) is 5.82 Å². The summed E-state index contributed by atoms with van der Waals surface area (Å²) in [4.78, 5) is 17.8. The van der Waals surface area contributed by atoms with Crippen molar-refractivity contribution in [2.75, 3.05) is 11.9 Å². The average Bonchev–Trinajstić information content (AvgIpc) is 2.49. The molecule has 0 spiro atoms. The largest absolute Gasteiger partial charge is 0.369 e. The highest BCUT2D eigenvalue weighted by Gasteiger charge is 2.06. The third kappa shape index (κ3) is 4.39. The summed E-state index contributed by atoms with van der Waals surface area (Å²) in [7, 11) is 0. The minimum atomic E-state index is 0.725. The summed E-state index contributed by atoms with van der Waals surface area (Å²) in [6.45, 7) is 9.12. The maximum atomic E-state index is 4.50. The van der Waals surface area contributed by atoms with Gasteiger partial charge in [-0.25, -0.2) is 15.0 Å². The van der Waals surface area contributed by atoms with Gasteiger partial charge in [-0.15, -0.1) is 0 Å². The van der Waals surface area contributed by atoms with Gasteiger partial charge in [0.2, 0.25) is 0 Å². The topological polar surface area (TPSA) is 63.6 Å². The van der Waals surface area contributed by atoms with Crippen molar-refractivity contribution in [2.24, 2.45) is 0 Å². The molecule has 1 N–H and O–H groups in total. The van der Waals surface area contributed by atoms with E-state index < -0.39 is 0 Å². The zero-order valence-corrected chi connectivity index (χ0v) is 13.8. The van der Waals surface area contributed by atoms with Gasteiger partial charge in [-0.2, -0.15) is 0 Å². The van der Waals surface area contributed by atoms with Crippen molar-refractivity contribution in [1.29, 1.82) is 0 Å². The van der Waals surface area contributed by atoms with Gasteiger partial charge in [-0.05, 0) is 32.8 Å². The van der Waals surface area contributed by atoms with Crippen molar-refractivity contribution < 1.29 is 0 Å². The molecule has 0 fully saturated rings. The Hall–Kier alpha value is -1.69. The molecular weight excluding hydrogens is 282 g/mol. The van der Waals surface area contributed by atoms with E-state index in [-0.39, 0.29) is 0 Å². The van der Waals surface area contributed by atoms with E-state index >= 15 is 0 Å². The van der Waals surface area contributed by atoms with E-state index in [1.165, 1.54) is 0 Å². The molecule has 2 rings (SSSR count). The molecule has 0 radical (unpaired) electrons. The highest BCUT2D eigenvalue weighted by atomic mass is 32.2. The van der Waals surface area contributed by atoms with Crippen LogP contribution in [0.5, 0.6) is 0 Å². The van der Waals surface area contributed by atoms with Crippen LogP contribution < -0.4 is 5.32 Å². The predicted molar refractivity (Wildman–Crippen MR) is 86.6 cm³/mol. The lowest BCUT2D eigenvalue weighted by atomic mass is 10.2. The molecule has 0 atom stereocenters. The van der Waals surface area contributed by atoms with E-state index in [4.69, 9.17) is 0 Å². The molecular formula is C15H21N5S. The normalized spacial score (nSPS) is 10.7. The highest BCUT2D eigenvalue weighted by molar-refractivity contribution is 7.98. The van der Waals surface area contributed by atoms with E-state index in [2.05, 4.69) is 32.2 Å². The summed E-state index contributed by atoms with van der Waals surface area (Å²) >= 11 is 1.59. The van der Waals surface area contributed by atoms with Gasteiger partial charge in [0.25, 0.3) is 0 Å². The van der Waals surface area contributed by atoms with Crippen molar-refractivity contribution >= 4 is 17.6 Å². The van der Waals surface area contributed by atoms with E-state index in [0.29, 0.717) is 0 Å². The second-order valence-corrected chi connectivity index (χ2v) is 5.85. The molecule has 21 heavy (non-hydrogen) atoms. The molecule has 2 aromatic heterocycles. The number of nitrogens with one attached hydrogen (secondary N) is 1. The SMILES string of the molecule is CCCNc1cnc(CSc2nc(C)c(C)c(C)n2)cn1. The predicted octanol–water partition coefficient (Wildman–Crippen LogP) is 3.31. The van der Waals surface area contributed by atoms with Gasteiger partial charge in [0.1, 0.15) is 5.82 Å². The molecule has 112 valence electrons. The van der Waals surface area contributed by atoms with Crippen LogP contribution in [0.3, 0.4) is 0 Å². The number of anilines is 1. The summed E-state index contributed by atoms with van der Waals surface area (Å²) in [6, 6.07) is 0. The molecule has 0 saturated carbocycles. The fourth-order valence-electron chi connectivity index (χ4n) is 1.72. The molecule has 0 aliphatic rings. The highest BCUT2D eigenvalue weighted by Crippen LogP contribution is 2.20. The maximum Gasteiger partial charge on any atom is 0.188 e. The molecule has 0 unspecified atom stereocenters. The monoisotopic (exact) mass is 303 g/mol. The van der Waals surface area contributed by atoms with Crippen LogP contribution in [0.2, 0.25) is 0 Å². The Bertz CT molecular complexity index is 575. The standard InChI is InChI=1S/C15H21N5S/c1-5-6-16-14-8-17-13(7-18-14)9-21-15-19-11(3)10(2)12(4)20-15/h7-8H,5-6,9H2,1-4H3,(H,16,18). The van der Waals surface area contributed by atoms with Crippen LogP contribution in [-0.2, 0) is 5.75 Å². The summed E-state index contributed by atoms with van der Waals surface area (Å²) < 4.78 is 0. The molecule has 2 aromatic rings. The molecule has 2 heterocycles. The number of aromatic nitrogens is 4. The van der Waals surface area contributed by atoms with Gasteiger partial charge in [0.05, 0.1) is 18.1 Å². The van der Waals surface area contributed by atoms with Crippen molar-refractivity contribution in [2.45, 2.75) is 45.0 Å². The lowest BCUT2D eigenvalue weighted by Crippen LogP contribution is -2.03. The summed E-state index contributed by atoms with van der Waals surface area (Å²) in [5.74, 6) is 1.55. The number of nitrogens with zero attached hydrogens (tertiary/aromatic N) is 4. The third-order valence-electron chi connectivity index (χ3n) is 3.22. The molecule has 5 nitrogen and oxygen atoms in total. The number of hydrogen-bond donors (Lipinski definition) is 1. The Morgan fingerprint density at radius 3 is 2.33 bits per heavy atom. The molecule has 0 aromatic carbocycles. The average molecular weight is 303 g/mol. The Kier molecular flexibility index (Phi) is 5.50. The first kappa shape index (κ1) is 15.7. The smallest absolute Gasteiger partial charge is 0.188 e. The van der Waals surface area contributed by atoms with Crippen LogP contribution in [0, 0.1) is 20.8 Å². The van der Waals surface area contributed by atoms with E-state index in [1.807, 2.05) is 20.8 Å². The molecule has 0 aliphatic heterocycles. The van der Waals surface area contributed by atoms with Crippen LogP contribution in [0.25, 0.3) is 0 Å². The van der Waals surface area contributed by atoms with Crippen LogP contribution >= 0.6 is 11.8 Å². The molecule has 0 aliphatic carbocycles. The molecule has 0 bridgehead atoms. The zero-order valence-electron chi connectivity index (χ0n) is 13.0. The van der Waals surface area contributed by atoms with E-state index in [1.54, 1.807) is 24.2 Å². The van der Waals surface area contributed by atoms with Gasteiger partial charge in [0.15, 0.2) is 5.16 Å². The van der Waals surface area contributed by atoms with Gasteiger partial charge in [-0.1, -0.05) is 18.7 Å². The molecule has 6 heteroatoms. The van der Waals surface area contributed by atoms with Crippen molar-refractivity contribution in [1.82, 2.24) is 19.9 Å². The second-order valence-electron chi connectivity index (χ2n) is 4.91. The zero-order chi connectivity index (χ0) is 15.2. The first-order valence-corrected chi connectivity index (χ1v) is 8.08.